The van der Waals surface area contributed by atoms with Gasteiger partial charge in [-0.25, -0.2) is 9.97 Å². The highest BCUT2D eigenvalue weighted by atomic mass is 16.6. The summed E-state index contributed by atoms with van der Waals surface area (Å²) in [6.45, 7) is -0.447. The molecule has 20 nitrogen and oxygen atoms in total. The number of aromatic nitrogens is 8. The van der Waals surface area contributed by atoms with Gasteiger partial charge in [0.2, 0.25) is 11.9 Å². The molecule has 5 unspecified atom stereocenters. The van der Waals surface area contributed by atoms with E-state index in [0.29, 0.717) is 0 Å². The van der Waals surface area contributed by atoms with Gasteiger partial charge in [-0.05, 0) is 0 Å². The molecular weight excluding hydrogens is 540 g/mol. The number of ether oxygens (including phenoxy) is 2. The smallest absolute Gasteiger partial charge is 0.280 e. The van der Waals surface area contributed by atoms with Crippen LogP contribution < -0.4 is 22.6 Å². The summed E-state index contributed by atoms with van der Waals surface area (Å²) in [5.74, 6) is -0.198. The van der Waals surface area contributed by atoms with Crippen molar-refractivity contribution in [1.82, 2.24) is 39.0 Å². The van der Waals surface area contributed by atoms with Crippen molar-refractivity contribution in [3.63, 3.8) is 0 Å². The number of nitrogens with zero attached hydrogens (tertiary/aromatic N) is 6. The van der Waals surface area contributed by atoms with E-state index in [1.165, 1.54) is 21.8 Å². The lowest BCUT2D eigenvalue weighted by Crippen LogP contribution is -2.36. The van der Waals surface area contributed by atoms with Gasteiger partial charge in [0.05, 0.1) is 19.3 Å². The van der Waals surface area contributed by atoms with Crippen LogP contribution in [-0.4, -0.2) is 119 Å². The summed E-state index contributed by atoms with van der Waals surface area (Å²) in [5.41, 5.74) is 8.57. The Bertz CT molecular complexity index is 1620. The van der Waals surface area contributed by atoms with Crippen LogP contribution in [0.5, 0.6) is 0 Å². The molecule has 4 aromatic heterocycles. The Balaban J connectivity index is 0.000000145. The Kier molecular flexibility index (Phi) is 5.90. The number of hydrogen-bond donors (Lipinski definition) is 10. The molecule has 0 radical (unpaired) electrons. The van der Waals surface area contributed by atoms with Crippen LogP contribution in [0.2, 0.25) is 0 Å². The second kappa shape index (κ2) is 9.00. The number of H-pyrrole nitrogens is 2. The Hall–Kier alpha value is -4.02. The molecule has 0 bridgehead atoms. The van der Waals surface area contributed by atoms with Gasteiger partial charge in [0.1, 0.15) is 36.6 Å². The van der Waals surface area contributed by atoms with Crippen LogP contribution in [0.25, 0.3) is 22.3 Å². The summed E-state index contributed by atoms with van der Waals surface area (Å²) in [5, 5.41) is 58.2. The third-order valence-electron chi connectivity index (χ3n) is 7.10. The van der Waals surface area contributed by atoms with E-state index < -0.39 is 72.4 Å². The first-order valence-corrected chi connectivity index (χ1v) is 11.8. The molecule has 0 aromatic carbocycles. The number of nitrogens with two attached hydrogens (primary N) is 2. The Labute approximate surface area is 220 Å². The van der Waals surface area contributed by atoms with Gasteiger partial charge in [-0.1, -0.05) is 0 Å². The standard InChI is InChI=1S/C10H11N5O5.C10H13N5O5/c11-9-13-6-2(7(18)14-9)12-1-15(6)8-4(17)10(19)3(16)5(10)20-8;11-10-13-7-4(8(19)14-10)12-2-15(7)9-6(18)5(17)3(1-16)20-9/h1,3-5,8,16-17,19H,(H3,11,13,14,18);2-3,5-6,9,16-18H,1H2,(H3,11,13,14,19)/t3?,4?,5-,8-,10?;3-,5?,6?,9-/m11/s1. The van der Waals surface area contributed by atoms with Gasteiger partial charge >= 0.3 is 0 Å². The number of aromatic amines is 2. The Morgan fingerprint density at radius 3 is 1.82 bits per heavy atom. The molecule has 0 amide bonds. The summed E-state index contributed by atoms with van der Waals surface area (Å²) in [6, 6.07) is 0. The van der Waals surface area contributed by atoms with Crippen LogP contribution in [0.1, 0.15) is 12.5 Å². The molecule has 40 heavy (non-hydrogen) atoms. The van der Waals surface area contributed by atoms with Gasteiger partial charge in [-0.15, -0.1) is 0 Å². The zero-order valence-electron chi connectivity index (χ0n) is 20.1. The summed E-state index contributed by atoms with van der Waals surface area (Å²) in [7, 11) is 0. The molecule has 3 fully saturated rings. The first-order chi connectivity index (χ1) is 19.0. The number of hydrogen-bond acceptors (Lipinski definition) is 16. The molecule has 2 saturated heterocycles. The molecule has 0 spiro atoms. The number of nitrogens with one attached hydrogen (secondary N) is 2. The number of aliphatic hydroxyl groups is 6. The quantitative estimate of drug-likeness (QED) is 0.111. The van der Waals surface area contributed by atoms with Crippen molar-refractivity contribution < 1.29 is 40.1 Å². The first kappa shape index (κ1) is 26.2. The molecule has 1 saturated carbocycles. The van der Waals surface area contributed by atoms with Crippen LogP contribution >= 0.6 is 0 Å². The summed E-state index contributed by atoms with van der Waals surface area (Å²) >= 11 is 0. The van der Waals surface area contributed by atoms with E-state index >= 15 is 0 Å². The van der Waals surface area contributed by atoms with Gasteiger partial charge in [-0.3, -0.25) is 28.7 Å². The highest BCUT2D eigenvalue weighted by Crippen LogP contribution is 2.53. The first-order valence-electron chi connectivity index (χ1n) is 11.8. The number of imidazole rings is 2. The second-order valence-electron chi connectivity index (χ2n) is 9.50. The highest BCUT2D eigenvalue weighted by Gasteiger charge is 2.76. The fourth-order valence-electron chi connectivity index (χ4n) is 4.91. The van der Waals surface area contributed by atoms with Crippen molar-refractivity contribution in [2.24, 2.45) is 0 Å². The second-order valence-corrected chi connectivity index (χ2v) is 9.50. The van der Waals surface area contributed by atoms with E-state index in [2.05, 4.69) is 29.9 Å². The van der Waals surface area contributed by atoms with Crippen molar-refractivity contribution in [1.29, 1.82) is 0 Å². The number of nitrogen functional groups attached to an aromatic ring is 2. The largest absolute Gasteiger partial charge is 0.394 e. The van der Waals surface area contributed by atoms with Crippen LogP contribution in [0.4, 0.5) is 11.9 Å². The summed E-state index contributed by atoms with van der Waals surface area (Å²) < 4.78 is 13.3. The summed E-state index contributed by atoms with van der Waals surface area (Å²) in [6.07, 6.45) is -6.28. The van der Waals surface area contributed by atoms with Crippen LogP contribution in [-0.2, 0) is 9.47 Å². The lowest BCUT2D eigenvalue weighted by molar-refractivity contribution is -0.0942. The third-order valence-corrected chi connectivity index (χ3v) is 7.10. The predicted octanol–water partition coefficient (Wildman–Crippen LogP) is -5.62. The molecule has 12 N–H and O–H groups in total. The van der Waals surface area contributed by atoms with Gasteiger partial charge in [-0.2, -0.15) is 9.97 Å². The van der Waals surface area contributed by atoms with Gasteiger partial charge in [0.25, 0.3) is 11.1 Å². The highest BCUT2D eigenvalue weighted by molar-refractivity contribution is 5.71. The maximum atomic E-state index is 11.7. The fraction of sp³-hybridized carbons (Fsp3) is 0.500. The number of fused-ring (bicyclic) bond motifs is 3. The molecular formula is C20H24N10O10. The lowest BCUT2D eigenvalue weighted by atomic mass is 10.1. The number of anilines is 2. The number of rotatable bonds is 3. The molecule has 9 atom stereocenters. The monoisotopic (exact) mass is 564 g/mol. The average Bonchev–Trinajstić information content (AvgIpc) is 3.43. The van der Waals surface area contributed by atoms with E-state index in [-0.39, 0.29) is 34.2 Å². The third kappa shape index (κ3) is 3.70. The predicted molar refractivity (Wildman–Crippen MR) is 129 cm³/mol. The minimum absolute atomic E-state index is 0.0388. The molecule has 214 valence electrons. The zero-order chi connectivity index (χ0) is 28.7. The topological polar surface area (TPSA) is 319 Å². The molecule has 20 heteroatoms. The van der Waals surface area contributed by atoms with Gasteiger partial charge in [0, 0.05) is 0 Å². The Morgan fingerprint density at radius 2 is 1.38 bits per heavy atom. The van der Waals surface area contributed by atoms with Gasteiger partial charge in [0.15, 0.2) is 40.4 Å². The normalized spacial score (nSPS) is 34.6. The van der Waals surface area contributed by atoms with Crippen molar-refractivity contribution >= 4 is 34.2 Å². The van der Waals surface area contributed by atoms with E-state index in [1.54, 1.807) is 0 Å². The number of aliphatic hydroxyl groups excluding tert-OH is 5. The maximum Gasteiger partial charge on any atom is 0.280 e. The van der Waals surface area contributed by atoms with Crippen molar-refractivity contribution in [3.8, 4) is 0 Å². The minimum Gasteiger partial charge on any atom is -0.394 e. The van der Waals surface area contributed by atoms with Gasteiger partial charge < -0.3 is 51.6 Å². The molecule has 4 aromatic rings. The van der Waals surface area contributed by atoms with Crippen molar-refractivity contribution in [2.45, 2.75) is 54.7 Å². The van der Waals surface area contributed by atoms with Crippen molar-refractivity contribution in [3.05, 3.63) is 33.4 Å². The zero-order valence-corrected chi connectivity index (χ0v) is 20.1. The Morgan fingerprint density at radius 1 is 0.850 bits per heavy atom. The van der Waals surface area contributed by atoms with E-state index in [0.717, 1.165) is 0 Å². The molecule has 6 heterocycles. The van der Waals surface area contributed by atoms with Crippen LogP contribution in [0, 0.1) is 0 Å². The van der Waals surface area contributed by atoms with Crippen LogP contribution in [0.3, 0.4) is 0 Å². The van der Waals surface area contributed by atoms with Crippen LogP contribution in [0.15, 0.2) is 22.2 Å². The van der Waals surface area contributed by atoms with E-state index in [1.807, 2.05) is 0 Å². The molecule has 2 aliphatic heterocycles. The van der Waals surface area contributed by atoms with E-state index in [9.17, 15) is 35.1 Å². The average molecular weight is 564 g/mol. The summed E-state index contributed by atoms with van der Waals surface area (Å²) in [4.78, 5) is 43.6. The molecule has 7 rings (SSSR count). The minimum atomic E-state index is -1.69. The molecule has 3 aliphatic rings. The lowest BCUT2D eigenvalue weighted by Gasteiger charge is -2.22. The van der Waals surface area contributed by atoms with Crippen molar-refractivity contribution in [2.75, 3.05) is 18.1 Å². The molecule has 1 aliphatic carbocycles. The maximum absolute atomic E-state index is 11.7. The fourth-order valence-corrected chi connectivity index (χ4v) is 4.91. The SMILES string of the molecule is Nc1nc2c(ncn2[C@@H]2O[C@@H]3C(O)C3(O)C2O)c(=O)[nH]1.Nc1nc2c(ncn2[C@@H]2O[C@H](CO)C(O)C2O)c(=O)[nH]1. The van der Waals surface area contributed by atoms with E-state index in [4.69, 9.17) is 26.0 Å².